The van der Waals surface area contributed by atoms with E-state index in [-0.39, 0.29) is 5.82 Å². The van der Waals surface area contributed by atoms with Crippen LogP contribution in [0.2, 0.25) is 0 Å². The molecule has 2 nitrogen and oxygen atoms in total. The van der Waals surface area contributed by atoms with Crippen LogP contribution in [0.4, 0.5) is 10.1 Å². The van der Waals surface area contributed by atoms with Crippen LogP contribution in [-0.2, 0) is 5.75 Å². The van der Waals surface area contributed by atoms with Crippen LogP contribution in [0.3, 0.4) is 0 Å². The first-order valence-electron chi connectivity index (χ1n) is 5.60. The van der Waals surface area contributed by atoms with Crippen LogP contribution in [0, 0.1) is 5.82 Å². The summed E-state index contributed by atoms with van der Waals surface area (Å²) in [5.41, 5.74) is 7.15. The minimum Gasteiger partial charge on any atom is -0.497 e. The molecule has 0 amide bonds. The van der Waals surface area contributed by atoms with Gasteiger partial charge in [0, 0.05) is 20.8 Å². The molecule has 0 bridgehead atoms. The largest absolute Gasteiger partial charge is 0.497 e. The van der Waals surface area contributed by atoms with Crippen molar-refractivity contribution < 1.29 is 9.13 Å². The third-order valence-corrected chi connectivity index (χ3v) is 4.34. The van der Waals surface area contributed by atoms with Gasteiger partial charge in [0.25, 0.3) is 0 Å². The summed E-state index contributed by atoms with van der Waals surface area (Å²) >= 11 is 5.02. The van der Waals surface area contributed by atoms with Gasteiger partial charge in [-0.1, -0.05) is 15.9 Å². The van der Waals surface area contributed by atoms with Gasteiger partial charge in [0.1, 0.15) is 11.6 Å². The Morgan fingerprint density at radius 2 is 2.05 bits per heavy atom. The molecule has 2 aromatic rings. The van der Waals surface area contributed by atoms with E-state index in [1.807, 2.05) is 18.2 Å². The van der Waals surface area contributed by atoms with Crippen molar-refractivity contribution in [1.82, 2.24) is 0 Å². The first kappa shape index (κ1) is 14.2. The predicted octanol–water partition coefficient (Wildman–Crippen LogP) is 4.47. The molecule has 19 heavy (non-hydrogen) atoms. The van der Waals surface area contributed by atoms with E-state index in [1.165, 1.54) is 23.9 Å². The Morgan fingerprint density at radius 3 is 2.74 bits per heavy atom. The van der Waals surface area contributed by atoms with Gasteiger partial charge in [0.05, 0.1) is 7.11 Å². The Kier molecular flexibility index (Phi) is 4.71. The summed E-state index contributed by atoms with van der Waals surface area (Å²) in [4.78, 5) is 0.812. The highest BCUT2D eigenvalue weighted by Gasteiger charge is 2.05. The molecule has 0 radical (unpaired) electrons. The number of nitrogens with two attached hydrogens (primary N) is 1. The average molecular weight is 342 g/mol. The highest BCUT2D eigenvalue weighted by molar-refractivity contribution is 9.10. The minimum absolute atomic E-state index is 0.313. The van der Waals surface area contributed by atoms with Crippen molar-refractivity contribution >= 4 is 33.4 Å². The molecular formula is C14H13BrFNOS. The molecule has 0 heterocycles. The second kappa shape index (κ2) is 6.30. The smallest absolute Gasteiger partial charge is 0.126 e. The molecule has 0 unspecified atom stereocenters. The van der Waals surface area contributed by atoms with Gasteiger partial charge < -0.3 is 10.5 Å². The Labute approximate surface area is 124 Å². The van der Waals surface area contributed by atoms with E-state index < -0.39 is 0 Å². The van der Waals surface area contributed by atoms with Crippen molar-refractivity contribution in [3.8, 4) is 5.75 Å². The maximum Gasteiger partial charge on any atom is 0.126 e. The van der Waals surface area contributed by atoms with Crippen LogP contribution in [0.5, 0.6) is 5.75 Å². The number of nitrogen functional groups attached to an aromatic ring is 1. The lowest BCUT2D eigenvalue weighted by atomic mass is 10.2. The molecule has 0 spiro atoms. The van der Waals surface area contributed by atoms with Gasteiger partial charge in [0.2, 0.25) is 0 Å². The fraction of sp³-hybridized carbons (Fsp3) is 0.143. The normalized spacial score (nSPS) is 10.5. The highest BCUT2D eigenvalue weighted by Crippen LogP contribution is 2.30. The molecule has 2 aromatic carbocycles. The minimum atomic E-state index is -0.313. The van der Waals surface area contributed by atoms with Gasteiger partial charge >= 0.3 is 0 Å². The molecule has 5 heteroatoms. The summed E-state index contributed by atoms with van der Waals surface area (Å²) in [6, 6.07) is 10.3. The van der Waals surface area contributed by atoms with Gasteiger partial charge in [-0.3, -0.25) is 0 Å². The summed E-state index contributed by atoms with van der Waals surface area (Å²) in [6.45, 7) is 0. The molecule has 0 aromatic heterocycles. The van der Waals surface area contributed by atoms with Gasteiger partial charge in [-0.15, -0.1) is 11.8 Å². The Morgan fingerprint density at radius 1 is 1.26 bits per heavy atom. The fourth-order valence-corrected chi connectivity index (χ4v) is 3.17. The van der Waals surface area contributed by atoms with Crippen LogP contribution < -0.4 is 10.5 Å². The molecule has 0 saturated carbocycles. The zero-order valence-electron chi connectivity index (χ0n) is 10.3. The third-order valence-electron chi connectivity index (χ3n) is 2.54. The maximum absolute atomic E-state index is 13.2. The van der Waals surface area contributed by atoms with Crippen molar-refractivity contribution in [1.29, 1.82) is 0 Å². The summed E-state index contributed by atoms with van der Waals surface area (Å²) < 4.78 is 19.4. The molecule has 2 N–H and O–H groups in total. The van der Waals surface area contributed by atoms with Crippen LogP contribution >= 0.6 is 27.7 Å². The second-order valence-corrected chi connectivity index (χ2v) is 5.87. The predicted molar refractivity (Wildman–Crippen MR) is 81.1 cm³/mol. The number of methoxy groups -OCH3 is 1. The number of thioether (sulfide) groups is 1. The first-order valence-corrected chi connectivity index (χ1v) is 7.37. The molecule has 0 fully saturated rings. The van der Waals surface area contributed by atoms with E-state index in [2.05, 4.69) is 15.9 Å². The molecule has 0 aliphatic heterocycles. The second-order valence-electron chi connectivity index (χ2n) is 3.97. The van der Waals surface area contributed by atoms with Crippen LogP contribution in [0.15, 0.2) is 45.8 Å². The zero-order chi connectivity index (χ0) is 13.8. The molecule has 0 aliphatic rings. The van der Waals surface area contributed by atoms with E-state index in [4.69, 9.17) is 10.5 Å². The van der Waals surface area contributed by atoms with E-state index in [0.717, 1.165) is 20.7 Å². The molecule has 0 saturated heterocycles. The van der Waals surface area contributed by atoms with Crippen molar-refractivity contribution in [2.24, 2.45) is 0 Å². The molecule has 100 valence electrons. The number of hydrogen-bond acceptors (Lipinski definition) is 3. The Balaban J connectivity index is 2.13. The maximum atomic E-state index is 13.2. The lowest BCUT2D eigenvalue weighted by Crippen LogP contribution is -1.89. The van der Waals surface area contributed by atoms with Gasteiger partial charge in [0.15, 0.2) is 0 Å². The van der Waals surface area contributed by atoms with E-state index in [1.54, 1.807) is 13.2 Å². The van der Waals surface area contributed by atoms with Crippen LogP contribution in [-0.4, -0.2) is 7.11 Å². The van der Waals surface area contributed by atoms with Gasteiger partial charge in [-0.2, -0.15) is 0 Å². The van der Waals surface area contributed by atoms with Crippen LogP contribution in [0.25, 0.3) is 0 Å². The number of hydrogen-bond donors (Lipinski definition) is 1. The van der Waals surface area contributed by atoms with Gasteiger partial charge in [-0.25, -0.2) is 4.39 Å². The molecular weight excluding hydrogens is 329 g/mol. The number of halogens is 2. The Bertz CT molecular complexity index is 571. The summed E-state index contributed by atoms with van der Waals surface area (Å²) in [5.74, 6) is 1.20. The number of ether oxygens (including phenoxy) is 1. The fourth-order valence-electron chi connectivity index (χ4n) is 1.62. The first-order chi connectivity index (χ1) is 9.08. The SMILES string of the molecule is COc1ccc(Br)c(CSc2cc(N)cc(F)c2)c1. The van der Waals surface area contributed by atoms with Crippen LogP contribution in [0.1, 0.15) is 5.56 Å². The van der Waals surface area contributed by atoms with E-state index >= 15 is 0 Å². The highest BCUT2D eigenvalue weighted by atomic mass is 79.9. The summed E-state index contributed by atoms with van der Waals surface area (Å²) in [7, 11) is 1.63. The zero-order valence-corrected chi connectivity index (χ0v) is 12.7. The van der Waals surface area contributed by atoms with E-state index in [9.17, 15) is 4.39 Å². The lowest BCUT2D eigenvalue weighted by Gasteiger charge is -2.08. The van der Waals surface area contributed by atoms with Crippen molar-refractivity contribution in [2.45, 2.75) is 10.6 Å². The molecule has 0 aliphatic carbocycles. The number of rotatable bonds is 4. The quantitative estimate of drug-likeness (QED) is 0.658. The summed E-state index contributed by atoms with van der Waals surface area (Å²) in [6.07, 6.45) is 0. The molecule has 2 rings (SSSR count). The van der Waals surface area contributed by atoms with Gasteiger partial charge in [-0.05, 0) is 42.0 Å². The monoisotopic (exact) mass is 341 g/mol. The van der Waals surface area contributed by atoms with Crippen molar-refractivity contribution in [3.05, 3.63) is 52.3 Å². The number of anilines is 1. The molecule has 0 atom stereocenters. The average Bonchev–Trinajstić information content (AvgIpc) is 2.37. The third kappa shape index (κ3) is 3.88. The van der Waals surface area contributed by atoms with Crippen molar-refractivity contribution in [2.75, 3.05) is 12.8 Å². The van der Waals surface area contributed by atoms with Crippen molar-refractivity contribution in [3.63, 3.8) is 0 Å². The topological polar surface area (TPSA) is 35.2 Å². The van der Waals surface area contributed by atoms with E-state index in [0.29, 0.717) is 11.4 Å². The Hall–Kier alpha value is -1.20. The summed E-state index contributed by atoms with van der Waals surface area (Å²) in [5, 5.41) is 0. The lowest BCUT2D eigenvalue weighted by molar-refractivity contribution is 0.414. The number of benzene rings is 2. The standard InChI is InChI=1S/C14H13BrFNOS/c1-18-12-2-3-14(15)9(4-12)8-19-13-6-10(16)5-11(17)7-13/h2-7H,8,17H2,1H3.